The first-order valence-corrected chi connectivity index (χ1v) is 21.9. The van der Waals surface area contributed by atoms with Crippen molar-refractivity contribution in [3.8, 4) is 10.4 Å². The number of aromatic nitrogens is 1. The number of aliphatic hydroxyl groups is 1. The number of rotatable bonds is 19. The molecular weight excluding hydrogens is 926 g/mol. The summed E-state index contributed by atoms with van der Waals surface area (Å²) < 4.78 is 43.7. The molecule has 1 saturated heterocycles. The van der Waals surface area contributed by atoms with Crippen LogP contribution in [0, 0.1) is 33.4 Å². The quantitative estimate of drug-likeness (QED) is 0.0348. The highest BCUT2D eigenvalue weighted by atomic mass is 127. The molecule has 3 aromatic carbocycles. The van der Waals surface area contributed by atoms with Gasteiger partial charge in [0.15, 0.2) is 11.6 Å². The standard InChI is InChI=1S/C43H51F3IN7O6S/c1-25-38(61-24-50-25)27-11-9-26(10-12-27)22-49-41(58)34-21-29(55)23-54(34)42(59)39(43(2,3)4)52-35(56)8-5-6-17-48-18-7-19-60-53-40(57)30-14-15-31(44)36(46)37(30)51-33-16-13-28(47)20-32(33)45/h9-16,20,24,29,34,39,48,51,55H,5-8,17-19,21-23H2,1-4H3,(H,49,58)(H,52,56)(H,53,57)/t29-,34+,39-/m1/s1. The van der Waals surface area contributed by atoms with E-state index in [0.717, 1.165) is 33.8 Å². The molecule has 1 aliphatic heterocycles. The van der Waals surface area contributed by atoms with Crippen molar-refractivity contribution in [1.82, 2.24) is 31.3 Å². The van der Waals surface area contributed by atoms with Crippen LogP contribution in [-0.4, -0.2) is 83.0 Å². The van der Waals surface area contributed by atoms with Gasteiger partial charge in [-0.3, -0.25) is 24.0 Å². The summed E-state index contributed by atoms with van der Waals surface area (Å²) in [5.74, 6) is -5.23. The van der Waals surface area contributed by atoms with E-state index in [9.17, 15) is 37.5 Å². The first kappa shape index (κ1) is 47.4. The number of thiazole rings is 1. The van der Waals surface area contributed by atoms with E-state index in [1.165, 1.54) is 17.0 Å². The van der Waals surface area contributed by atoms with Gasteiger partial charge < -0.3 is 31.3 Å². The topological polar surface area (TPSA) is 174 Å². The van der Waals surface area contributed by atoms with Gasteiger partial charge >= 0.3 is 0 Å². The van der Waals surface area contributed by atoms with Crippen LogP contribution in [0.3, 0.4) is 0 Å². The monoisotopic (exact) mass is 977 g/mol. The van der Waals surface area contributed by atoms with Gasteiger partial charge in [-0.05, 0) is 109 Å². The number of nitrogens with zero attached hydrogens (tertiary/aromatic N) is 2. The molecule has 61 heavy (non-hydrogen) atoms. The van der Waals surface area contributed by atoms with E-state index in [-0.39, 0.29) is 55.6 Å². The largest absolute Gasteiger partial charge is 0.391 e. The van der Waals surface area contributed by atoms with Gasteiger partial charge in [-0.25, -0.2) is 23.6 Å². The zero-order valence-corrected chi connectivity index (χ0v) is 37.4. The Morgan fingerprint density at radius 3 is 2.43 bits per heavy atom. The summed E-state index contributed by atoms with van der Waals surface area (Å²) in [6.07, 6.45) is 1.05. The summed E-state index contributed by atoms with van der Waals surface area (Å²) in [5.41, 5.74) is 5.24. The summed E-state index contributed by atoms with van der Waals surface area (Å²) in [5, 5.41) is 22.0. The molecule has 1 aliphatic rings. The summed E-state index contributed by atoms with van der Waals surface area (Å²) in [6, 6.07) is 12.0. The number of aliphatic hydroxyl groups excluding tert-OH is 1. The lowest BCUT2D eigenvalue weighted by Gasteiger charge is -2.35. The third-order valence-electron chi connectivity index (χ3n) is 10.0. The Labute approximate surface area is 370 Å². The van der Waals surface area contributed by atoms with E-state index in [1.54, 1.807) is 22.9 Å². The third-order valence-corrected chi connectivity index (χ3v) is 11.7. The number of halogens is 4. The van der Waals surface area contributed by atoms with Crippen LogP contribution in [0.4, 0.5) is 24.5 Å². The van der Waals surface area contributed by atoms with Crippen LogP contribution >= 0.6 is 33.9 Å². The van der Waals surface area contributed by atoms with Gasteiger partial charge in [0.05, 0.1) is 45.7 Å². The SMILES string of the molecule is Cc1ncsc1-c1ccc(CNC(=O)[C@@H]2C[C@@H](O)CN2C(=O)[C@@H](NC(=O)CCCCNCCCONC(=O)c2ccc(F)c(F)c2Nc2ccc(I)cc2F)C(C)(C)C)cc1. The molecular formula is C43H51F3IN7O6S. The molecule has 4 amide bonds. The molecule has 1 aromatic heterocycles. The van der Waals surface area contributed by atoms with Gasteiger partial charge in [0.2, 0.25) is 17.7 Å². The van der Waals surface area contributed by atoms with Crippen molar-refractivity contribution >= 4 is 68.9 Å². The predicted octanol–water partition coefficient (Wildman–Crippen LogP) is 6.50. The average molecular weight is 978 g/mol. The first-order chi connectivity index (χ1) is 29.0. The molecule has 0 bridgehead atoms. The third kappa shape index (κ3) is 13.2. The fourth-order valence-corrected chi connectivity index (χ4v) is 7.97. The Morgan fingerprint density at radius 2 is 1.74 bits per heavy atom. The highest BCUT2D eigenvalue weighted by Gasteiger charge is 2.44. The van der Waals surface area contributed by atoms with E-state index in [0.29, 0.717) is 35.9 Å². The average Bonchev–Trinajstić information content (AvgIpc) is 3.83. The molecule has 0 unspecified atom stereocenters. The fourth-order valence-electron chi connectivity index (χ4n) is 6.70. The summed E-state index contributed by atoms with van der Waals surface area (Å²) in [6.45, 7) is 8.88. The van der Waals surface area contributed by atoms with Crippen LogP contribution in [0.25, 0.3) is 10.4 Å². The van der Waals surface area contributed by atoms with E-state index >= 15 is 0 Å². The van der Waals surface area contributed by atoms with E-state index < -0.39 is 58.6 Å². The maximum Gasteiger partial charge on any atom is 0.277 e. The van der Waals surface area contributed by atoms with Gasteiger partial charge in [-0.2, -0.15) is 0 Å². The van der Waals surface area contributed by atoms with Crippen molar-refractivity contribution in [3.63, 3.8) is 0 Å². The maximum atomic E-state index is 14.7. The molecule has 2 heterocycles. The van der Waals surface area contributed by atoms with Crippen molar-refractivity contribution in [2.24, 2.45) is 5.41 Å². The number of unbranched alkanes of at least 4 members (excludes halogenated alkanes) is 1. The Balaban J connectivity index is 1.00. The molecule has 328 valence electrons. The van der Waals surface area contributed by atoms with Crippen molar-refractivity contribution in [2.75, 3.05) is 31.6 Å². The highest BCUT2D eigenvalue weighted by molar-refractivity contribution is 14.1. The second kappa shape index (κ2) is 21.9. The number of amides is 4. The number of likely N-dealkylation sites (tertiary alicyclic amines) is 1. The Hall–Kier alpha value is -4.63. The molecule has 18 heteroatoms. The molecule has 4 aromatic rings. The minimum Gasteiger partial charge on any atom is -0.391 e. The van der Waals surface area contributed by atoms with Gasteiger partial charge in [-0.15, -0.1) is 11.3 Å². The first-order valence-electron chi connectivity index (χ1n) is 19.9. The van der Waals surface area contributed by atoms with Crippen LogP contribution in [0.5, 0.6) is 0 Å². The van der Waals surface area contributed by atoms with Crippen molar-refractivity contribution < 1.29 is 42.3 Å². The minimum atomic E-state index is -1.34. The van der Waals surface area contributed by atoms with Gasteiger partial charge in [0.25, 0.3) is 5.91 Å². The second-order valence-electron chi connectivity index (χ2n) is 15.8. The number of anilines is 2. The number of aryl methyl sites for hydroxylation is 1. The highest BCUT2D eigenvalue weighted by Crippen LogP contribution is 2.30. The molecule has 5 rings (SSSR count). The molecule has 0 aliphatic carbocycles. The maximum absolute atomic E-state index is 14.7. The smallest absolute Gasteiger partial charge is 0.277 e. The Bertz CT molecular complexity index is 2170. The van der Waals surface area contributed by atoms with Crippen LogP contribution in [0.2, 0.25) is 0 Å². The molecule has 0 spiro atoms. The molecule has 6 N–H and O–H groups in total. The van der Waals surface area contributed by atoms with Crippen LogP contribution in [0.15, 0.2) is 60.1 Å². The number of carbonyl (C=O) groups is 4. The molecule has 0 saturated carbocycles. The normalized spacial score (nSPS) is 15.7. The number of nitrogens with one attached hydrogen (secondary N) is 5. The van der Waals surface area contributed by atoms with Gasteiger partial charge in [-0.1, -0.05) is 45.0 Å². The van der Waals surface area contributed by atoms with Crippen molar-refractivity contribution in [3.05, 3.63) is 98.0 Å². The van der Waals surface area contributed by atoms with Crippen molar-refractivity contribution in [2.45, 2.75) is 84.5 Å². The second-order valence-corrected chi connectivity index (χ2v) is 17.9. The van der Waals surface area contributed by atoms with Gasteiger partial charge in [0, 0.05) is 29.5 Å². The van der Waals surface area contributed by atoms with Gasteiger partial charge in [0.1, 0.15) is 17.9 Å². The lowest BCUT2D eigenvalue weighted by molar-refractivity contribution is -0.144. The fraction of sp³-hybridized carbons (Fsp3) is 0.419. The lowest BCUT2D eigenvalue weighted by atomic mass is 9.85. The van der Waals surface area contributed by atoms with E-state index in [1.807, 2.05) is 74.6 Å². The van der Waals surface area contributed by atoms with E-state index in [4.69, 9.17) is 4.84 Å². The van der Waals surface area contributed by atoms with Crippen molar-refractivity contribution in [1.29, 1.82) is 0 Å². The Morgan fingerprint density at radius 1 is 1.00 bits per heavy atom. The number of carbonyl (C=O) groups excluding carboxylic acids is 4. The summed E-state index contributed by atoms with van der Waals surface area (Å²) >= 11 is 3.47. The number of hydrogen-bond acceptors (Lipinski definition) is 10. The summed E-state index contributed by atoms with van der Waals surface area (Å²) in [4.78, 5) is 65.1. The number of benzene rings is 3. The predicted molar refractivity (Wildman–Crippen MR) is 235 cm³/mol. The number of hydroxylamine groups is 1. The molecule has 13 nitrogen and oxygen atoms in total. The molecule has 0 radical (unpaired) electrons. The molecule has 3 atom stereocenters. The Kier molecular flexibility index (Phi) is 17.1. The molecule has 1 fully saturated rings. The van der Waals surface area contributed by atoms with E-state index in [2.05, 4.69) is 31.7 Å². The lowest BCUT2D eigenvalue weighted by Crippen LogP contribution is -2.57. The van der Waals surface area contributed by atoms with Crippen LogP contribution in [0.1, 0.15) is 74.5 Å². The number of hydrogen-bond donors (Lipinski definition) is 6. The zero-order chi connectivity index (χ0) is 44.3. The zero-order valence-electron chi connectivity index (χ0n) is 34.4. The van der Waals surface area contributed by atoms with Crippen LogP contribution < -0.4 is 26.7 Å². The van der Waals surface area contributed by atoms with Crippen LogP contribution in [-0.2, 0) is 25.8 Å². The summed E-state index contributed by atoms with van der Waals surface area (Å²) in [7, 11) is 0. The minimum absolute atomic E-state index is 0.0192. The number of β-amino-alcohol motifs (C(OH)–C–C–N with tert-alkyl or cyclic N) is 1.